The van der Waals surface area contributed by atoms with Crippen molar-refractivity contribution in [1.29, 1.82) is 0 Å². The van der Waals surface area contributed by atoms with Crippen LogP contribution in [0.1, 0.15) is 5.56 Å². The molecular weight excluding hydrogens is 225 g/mol. The molecule has 0 unspecified atom stereocenters. The SMILES string of the molecule is NCC(=O)N[C@@H](Cc1ccccc1)C(=O)NF. The molecule has 0 saturated carbocycles. The molecule has 5 nitrogen and oxygen atoms in total. The van der Waals surface area contributed by atoms with Crippen molar-refractivity contribution >= 4 is 11.8 Å². The summed E-state index contributed by atoms with van der Waals surface area (Å²) in [6.07, 6.45) is 0.211. The van der Waals surface area contributed by atoms with E-state index in [9.17, 15) is 14.1 Å². The summed E-state index contributed by atoms with van der Waals surface area (Å²) in [5.41, 5.74) is 6.96. The van der Waals surface area contributed by atoms with Crippen molar-refractivity contribution in [2.45, 2.75) is 12.5 Å². The summed E-state index contributed by atoms with van der Waals surface area (Å²) in [4.78, 5) is 22.3. The third-order valence-corrected chi connectivity index (χ3v) is 2.21. The van der Waals surface area contributed by atoms with Gasteiger partial charge in [-0.05, 0) is 5.56 Å². The van der Waals surface area contributed by atoms with E-state index in [1.807, 2.05) is 6.07 Å². The third kappa shape index (κ3) is 4.20. The Morgan fingerprint density at radius 3 is 2.47 bits per heavy atom. The normalized spacial score (nSPS) is 11.6. The highest BCUT2D eigenvalue weighted by atomic mass is 19.2. The van der Waals surface area contributed by atoms with Crippen molar-refractivity contribution in [1.82, 2.24) is 10.9 Å². The van der Waals surface area contributed by atoms with Crippen molar-refractivity contribution in [3.63, 3.8) is 0 Å². The lowest BCUT2D eigenvalue weighted by atomic mass is 10.1. The van der Waals surface area contributed by atoms with Gasteiger partial charge in [0.2, 0.25) is 5.91 Å². The van der Waals surface area contributed by atoms with Crippen molar-refractivity contribution < 1.29 is 14.1 Å². The summed E-state index contributed by atoms with van der Waals surface area (Å²) in [6, 6.07) is 8.03. The third-order valence-electron chi connectivity index (χ3n) is 2.21. The lowest BCUT2D eigenvalue weighted by molar-refractivity contribution is -0.131. The molecule has 0 aliphatic carbocycles. The lowest BCUT2D eigenvalue weighted by Gasteiger charge is -2.15. The molecule has 1 rings (SSSR count). The van der Waals surface area contributed by atoms with Gasteiger partial charge in [0.25, 0.3) is 5.91 Å². The quantitative estimate of drug-likeness (QED) is 0.615. The number of benzene rings is 1. The van der Waals surface area contributed by atoms with Gasteiger partial charge in [0.05, 0.1) is 6.54 Å². The summed E-state index contributed by atoms with van der Waals surface area (Å²) in [5, 5.41) is 2.35. The monoisotopic (exact) mass is 239 g/mol. The summed E-state index contributed by atoms with van der Waals surface area (Å²) < 4.78 is 12.1. The second-order valence-electron chi connectivity index (χ2n) is 3.47. The van der Waals surface area contributed by atoms with Crippen LogP contribution in [0.3, 0.4) is 0 Å². The fourth-order valence-corrected chi connectivity index (χ4v) is 1.38. The van der Waals surface area contributed by atoms with E-state index in [-0.39, 0.29) is 13.0 Å². The van der Waals surface area contributed by atoms with Gasteiger partial charge in [0.1, 0.15) is 6.04 Å². The van der Waals surface area contributed by atoms with Crippen LogP contribution in [0.2, 0.25) is 0 Å². The molecule has 0 spiro atoms. The van der Waals surface area contributed by atoms with Crippen molar-refractivity contribution in [3.8, 4) is 0 Å². The number of rotatable bonds is 5. The zero-order valence-corrected chi connectivity index (χ0v) is 9.15. The number of hydrogen-bond donors (Lipinski definition) is 3. The summed E-state index contributed by atoms with van der Waals surface area (Å²) in [6.45, 7) is -0.245. The highest BCUT2D eigenvalue weighted by Gasteiger charge is 2.20. The summed E-state index contributed by atoms with van der Waals surface area (Å²) in [7, 11) is 0. The van der Waals surface area contributed by atoms with E-state index in [4.69, 9.17) is 5.73 Å². The standard InChI is InChI=1S/C11H14FN3O2/c12-15-11(17)9(14-10(16)7-13)6-8-4-2-1-3-5-8/h1-5,9H,6-7,13H2,(H,14,16)(H,15,17)/t9-/m0/s1. The van der Waals surface area contributed by atoms with Crippen LogP contribution in [0.15, 0.2) is 30.3 Å². The molecule has 0 heterocycles. The molecule has 2 amide bonds. The van der Waals surface area contributed by atoms with Crippen LogP contribution in [-0.2, 0) is 16.0 Å². The average Bonchev–Trinajstić information content (AvgIpc) is 2.38. The molecule has 1 aromatic rings. The van der Waals surface area contributed by atoms with Crippen LogP contribution in [0.4, 0.5) is 4.48 Å². The molecule has 6 heteroatoms. The second kappa shape index (κ2) is 6.59. The predicted molar refractivity (Wildman–Crippen MR) is 60.4 cm³/mol. The Labute approximate surface area is 98.1 Å². The van der Waals surface area contributed by atoms with E-state index in [2.05, 4.69) is 5.32 Å². The minimum atomic E-state index is -0.960. The Balaban J connectivity index is 2.70. The predicted octanol–water partition coefficient (Wildman–Crippen LogP) is -0.327. The van der Waals surface area contributed by atoms with Crippen LogP contribution >= 0.6 is 0 Å². The topological polar surface area (TPSA) is 84.2 Å². The van der Waals surface area contributed by atoms with E-state index in [0.717, 1.165) is 11.1 Å². The van der Waals surface area contributed by atoms with Crippen molar-refractivity contribution in [2.24, 2.45) is 5.73 Å². The maximum absolute atomic E-state index is 12.1. The number of carbonyl (C=O) groups is 2. The average molecular weight is 239 g/mol. The second-order valence-corrected chi connectivity index (χ2v) is 3.47. The van der Waals surface area contributed by atoms with Crippen LogP contribution < -0.4 is 16.6 Å². The molecule has 0 radical (unpaired) electrons. The van der Waals surface area contributed by atoms with Gasteiger partial charge in [0.15, 0.2) is 0 Å². The molecule has 1 aromatic carbocycles. The minimum Gasteiger partial charge on any atom is -0.343 e. The Morgan fingerprint density at radius 1 is 1.29 bits per heavy atom. The van der Waals surface area contributed by atoms with Crippen LogP contribution in [-0.4, -0.2) is 24.4 Å². The van der Waals surface area contributed by atoms with Gasteiger partial charge < -0.3 is 11.1 Å². The van der Waals surface area contributed by atoms with E-state index >= 15 is 0 Å². The number of nitrogens with two attached hydrogens (primary N) is 1. The lowest BCUT2D eigenvalue weighted by Crippen LogP contribution is -2.48. The van der Waals surface area contributed by atoms with Gasteiger partial charge >= 0.3 is 0 Å². The maximum Gasteiger partial charge on any atom is 0.270 e. The van der Waals surface area contributed by atoms with Gasteiger partial charge in [-0.25, -0.2) is 0 Å². The number of carbonyl (C=O) groups excluding carboxylic acids is 2. The number of amides is 2. The molecule has 0 aliphatic heterocycles. The highest BCUT2D eigenvalue weighted by Crippen LogP contribution is 2.03. The molecule has 0 aromatic heterocycles. The van der Waals surface area contributed by atoms with Crippen molar-refractivity contribution in [3.05, 3.63) is 35.9 Å². The molecule has 4 N–H and O–H groups in total. The molecule has 92 valence electrons. The molecule has 0 saturated heterocycles. The van der Waals surface area contributed by atoms with E-state index < -0.39 is 17.9 Å². The Morgan fingerprint density at radius 2 is 1.94 bits per heavy atom. The molecule has 0 aliphatic rings. The van der Waals surface area contributed by atoms with Crippen molar-refractivity contribution in [2.75, 3.05) is 6.54 Å². The Bertz CT molecular complexity index is 384. The van der Waals surface area contributed by atoms with E-state index in [0.29, 0.717) is 0 Å². The minimum absolute atomic E-state index is 0.211. The van der Waals surface area contributed by atoms with Crippen LogP contribution in [0.25, 0.3) is 0 Å². The first kappa shape index (κ1) is 13.1. The summed E-state index contributed by atoms with van der Waals surface area (Å²) in [5.74, 6) is -1.40. The first-order chi connectivity index (χ1) is 8.17. The maximum atomic E-state index is 12.1. The van der Waals surface area contributed by atoms with Gasteiger partial charge in [0, 0.05) is 6.42 Å². The molecule has 0 fully saturated rings. The fraction of sp³-hybridized carbons (Fsp3) is 0.273. The molecule has 0 bridgehead atoms. The zero-order valence-electron chi connectivity index (χ0n) is 9.15. The van der Waals surface area contributed by atoms with Gasteiger partial charge in [-0.1, -0.05) is 30.3 Å². The first-order valence-electron chi connectivity index (χ1n) is 5.11. The van der Waals surface area contributed by atoms with Crippen LogP contribution in [0.5, 0.6) is 0 Å². The fourth-order valence-electron chi connectivity index (χ4n) is 1.38. The number of hydrogen-bond acceptors (Lipinski definition) is 3. The molecule has 1 atom stereocenters. The van der Waals surface area contributed by atoms with E-state index in [1.165, 1.54) is 0 Å². The molecular formula is C11H14FN3O2. The number of nitrogens with one attached hydrogen (secondary N) is 2. The first-order valence-corrected chi connectivity index (χ1v) is 5.11. The zero-order chi connectivity index (χ0) is 12.7. The molecule has 17 heavy (non-hydrogen) atoms. The van der Waals surface area contributed by atoms with E-state index in [1.54, 1.807) is 24.3 Å². The summed E-state index contributed by atoms with van der Waals surface area (Å²) >= 11 is 0. The van der Waals surface area contributed by atoms with Crippen LogP contribution in [0, 0.1) is 0 Å². The highest BCUT2D eigenvalue weighted by molar-refractivity contribution is 5.87. The smallest absolute Gasteiger partial charge is 0.270 e. The largest absolute Gasteiger partial charge is 0.343 e. The Kier molecular flexibility index (Phi) is 5.09. The van der Waals surface area contributed by atoms with Gasteiger partial charge in [-0.15, -0.1) is 4.48 Å². The Hall–Kier alpha value is -1.95. The van der Waals surface area contributed by atoms with Gasteiger partial charge in [-0.3, -0.25) is 9.59 Å². The van der Waals surface area contributed by atoms with Gasteiger partial charge in [-0.2, -0.15) is 5.54 Å². The number of halogens is 1.